The third-order valence-corrected chi connectivity index (χ3v) is 5.61. The average Bonchev–Trinajstić information content (AvgIpc) is 3.34. The maximum absolute atomic E-state index is 12.7. The summed E-state index contributed by atoms with van der Waals surface area (Å²) in [6.07, 6.45) is 10.6. The van der Waals surface area contributed by atoms with Gasteiger partial charge in [0, 0.05) is 36.8 Å². The van der Waals surface area contributed by atoms with Crippen molar-refractivity contribution in [2.75, 3.05) is 32.8 Å². The molecule has 3 aliphatic rings. The molecular weight excluding hydrogens is 316 g/mol. The van der Waals surface area contributed by atoms with Crippen LogP contribution in [0.15, 0.2) is 18.0 Å². The largest absolute Gasteiger partial charge is 0.488 e. The first kappa shape index (κ1) is 16.6. The lowest BCUT2D eigenvalue weighted by Crippen LogP contribution is -2.41. The van der Waals surface area contributed by atoms with Crippen LogP contribution in [-0.2, 0) is 16.1 Å². The number of allylic oxidation sites excluding steroid dienone is 1. The van der Waals surface area contributed by atoms with Gasteiger partial charge in [0.1, 0.15) is 0 Å². The van der Waals surface area contributed by atoms with Gasteiger partial charge >= 0.3 is 0 Å². The molecule has 1 aromatic heterocycles. The number of hydrogen-bond donors (Lipinski definition) is 1. The number of hydrogen-bond acceptors (Lipinski definition) is 4. The van der Waals surface area contributed by atoms with Gasteiger partial charge in [-0.2, -0.15) is 5.10 Å². The van der Waals surface area contributed by atoms with E-state index in [1.165, 1.54) is 37.2 Å². The molecule has 1 aromatic rings. The number of piperidine rings is 1. The minimum absolute atomic E-state index is 0.0602. The smallest absolute Gasteiger partial charge is 0.288 e. The Morgan fingerprint density at radius 2 is 2.12 bits per heavy atom. The van der Waals surface area contributed by atoms with Crippen LogP contribution < -0.4 is 0 Å². The third kappa shape index (κ3) is 3.73. The van der Waals surface area contributed by atoms with Gasteiger partial charge < -0.3 is 9.64 Å². The van der Waals surface area contributed by atoms with Gasteiger partial charge in [-0.25, -0.2) is 0 Å². The Hall–Kier alpha value is -1.82. The number of rotatable bonds is 4. The lowest BCUT2D eigenvalue weighted by molar-refractivity contribution is -0.132. The molecule has 136 valence electrons. The average molecular weight is 344 g/mol. The molecule has 4 rings (SSSR count). The van der Waals surface area contributed by atoms with Crippen LogP contribution in [0.25, 0.3) is 0 Å². The van der Waals surface area contributed by atoms with Crippen LogP contribution in [0.3, 0.4) is 0 Å². The van der Waals surface area contributed by atoms with Crippen LogP contribution in [0.5, 0.6) is 0 Å². The number of aromatic nitrogens is 2. The standard InChI is InChI=1S/C19H28N4O2/c24-19(17-7-1-4-11-25-17)23-10-5-6-15(14-23)18-16(12-20-21-18)13-22-8-2-3-9-22/h7,12,15H,1-6,8-11,13-14H2,(H,20,21). The zero-order valence-electron chi connectivity index (χ0n) is 14.9. The fourth-order valence-electron chi connectivity index (χ4n) is 4.24. The number of H-pyrrole nitrogens is 1. The van der Waals surface area contributed by atoms with E-state index < -0.39 is 0 Å². The second kappa shape index (κ2) is 7.60. The van der Waals surface area contributed by atoms with Gasteiger partial charge in [0.25, 0.3) is 5.91 Å². The first-order chi connectivity index (χ1) is 12.3. The molecular formula is C19H28N4O2. The molecule has 0 bridgehead atoms. The number of carbonyl (C=O) groups excluding carboxylic acids is 1. The fraction of sp³-hybridized carbons (Fsp3) is 0.684. The van der Waals surface area contributed by atoms with Gasteiger partial charge in [0.2, 0.25) is 0 Å². The summed E-state index contributed by atoms with van der Waals surface area (Å²) in [6.45, 7) is 5.59. The summed E-state index contributed by atoms with van der Waals surface area (Å²) in [6, 6.07) is 0. The van der Waals surface area contributed by atoms with E-state index in [1.807, 2.05) is 17.2 Å². The lowest BCUT2D eigenvalue weighted by Gasteiger charge is -2.33. The normalized spacial score (nSPS) is 24.9. The highest BCUT2D eigenvalue weighted by molar-refractivity contribution is 5.91. The fourth-order valence-corrected chi connectivity index (χ4v) is 4.24. The van der Waals surface area contributed by atoms with Crippen molar-refractivity contribution < 1.29 is 9.53 Å². The van der Waals surface area contributed by atoms with E-state index in [2.05, 4.69) is 15.1 Å². The summed E-state index contributed by atoms with van der Waals surface area (Å²) >= 11 is 0. The molecule has 0 aromatic carbocycles. The molecule has 2 fully saturated rings. The second-order valence-corrected chi connectivity index (χ2v) is 7.44. The van der Waals surface area contributed by atoms with Gasteiger partial charge in [-0.05, 0) is 57.7 Å². The highest BCUT2D eigenvalue weighted by Gasteiger charge is 2.30. The highest BCUT2D eigenvalue weighted by atomic mass is 16.5. The van der Waals surface area contributed by atoms with E-state index >= 15 is 0 Å². The van der Waals surface area contributed by atoms with Crippen molar-refractivity contribution in [2.45, 2.75) is 51.0 Å². The first-order valence-electron chi connectivity index (χ1n) is 9.68. The predicted octanol–water partition coefficient (Wildman–Crippen LogP) is 2.41. The summed E-state index contributed by atoms with van der Waals surface area (Å²) in [5, 5.41) is 7.54. The number of nitrogens with one attached hydrogen (secondary N) is 1. The van der Waals surface area contributed by atoms with Crippen molar-refractivity contribution in [3.63, 3.8) is 0 Å². The van der Waals surface area contributed by atoms with E-state index in [9.17, 15) is 4.79 Å². The minimum atomic E-state index is 0.0602. The summed E-state index contributed by atoms with van der Waals surface area (Å²) in [5.74, 6) is 0.959. The first-order valence-corrected chi connectivity index (χ1v) is 9.68. The Balaban J connectivity index is 1.43. The van der Waals surface area contributed by atoms with Crippen molar-refractivity contribution >= 4 is 5.91 Å². The van der Waals surface area contributed by atoms with Crippen LogP contribution in [0.1, 0.15) is 55.7 Å². The number of ether oxygens (including phenoxy) is 1. The van der Waals surface area contributed by atoms with E-state index in [0.717, 1.165) is 45.3 Å². The predicted molar refractivity (Wildman–Crippen MR) is 94.9 cm³/mol. The minimum Gasteiger partial charge on any atom is -0.488 e. The van der Waals surface area contributed by atoms with Gasteiger partial charge in [0.05, 0.1) is 12.8 Å². The molecule has 0 radical (unpaired) electrons. The van der Waals surface area contributed by atoms with Crippen LogP contribution in [0, 0.1) is 0 Å². The molecule has 1 N–H and O–H groups in total. The molecule has 1 amide bonds. The van der Waals surface area contributed by atoms with Crippen molar-refractivity contribution in [2.24, 2.45) is 0 Å². The SMILES string of the molecule is O=C(C1=CCCCO1)N1CCCC(c2[nH]ncc2CN2CCCC2)C1. The topological polar surface area (TPSA) is 61.5 Å². The van der Waals surface area contributed by atoms with Gasteiger partial charge in [-0.3, -0.25) is 14.8 Å². The number of carbonyl (C=O) groups is 1. The second-order valence-electron chi connectivity index (χ2n) is 7.44. The van der Waals surface area contributed by atoms with E-state index in [-0.39, 0.29) is 5.91 Å². The van der Waals surface area contributed by atoms with Gasteiger partial charge in [0.15, 0.2) is 5.76 Å². The Morgan fingerprint density at radius 1 is 1.24 bits per heavy atom. The maximum Gasteiger partial charge on any atom is 0.288 e. The molecule has 6 heteroatoms. The van der Waals surface area contributed by atoms with Crippen LogP contribution in [0.4, 0.5) is 0 Å². The van der Waals surface area contributed by atoms with Crippen molar-refractivity contribution in [3.8, 4) is 0 Å². The third-order valence-electron chi connectivity index (χ3n) is 5.61. The Bertz CT molecular complexity index is 633. The lowest BCUT2D eigenvalue weighted by atomic mass is 9.92. The molecule has 0 saturated carbocycles. The summed E-state index contributed by atoms with van der Waals surface area (Å²) in [5.41, 5.74) is 2.53. The molecule has 25 heavy (non-hydrogen) atoms. The van der Waals surface area contributed by atoms with Gasteiger partial charge in [-0.15, -0.1) is 0 Å². The molecule has 6 nitrogen and oxygen atoms in total. The molecule has 3 aliphatic heterocycles. The van der Waals surface area contributed by atoms with Crippen LogP contribution >= 0.6 is 0 Å². The number of nitrogens with zero attached hydrogens (tertiary/aromatic N) is 3. The van der Waals surface area contributed by atoms with E-state index in [4.69, 9.17) is 4.74 Å². The van der Waals surface area contributed by atoms with Crippen molar-refractivity contribution in [1.29, 1.82) is 0 Å². The molecule has 0 aliphatic carbocycles. The Kier molecular flexibility index (Phi) is 5.06. The van der Waals surface area contributed by atoms with E-state index in [1.54, 1.807) is 0 Å². The summed E-state index contributed by atoms with van der Waals surface area (Å²) < 4.78 is 5.57. The molecule has 1 atom stereocenters. The summed E-state index contributed by atoms with van der Waals surface area (Å²) in [4.78, 5) is 17.2. The van der Waals surface area contributed by atoms with Crippen LogP contribution in [0.2, 0.25) is 0 Å². The van der Waals surface area contributed by atoms with Gasteiger partial charge in [-0.1, -0.05) is 0 Å². The highest BCUT2D eigenvalue weighted by Crippen LogP contribution is 2.30. The van der Waals surface area contributed by atoms with Crippen LogP contribution in [-0.4, -0.2) is 58.7 Å². The van der Waals surface area contributed by atoms with Crippen molar-refractivity contribution in [3.05, 3.63) is 29.3 Å². The zero-order chi connectivity index (χ0) is 17.1. The molecule has 0 spiro atoms. The van der Waals surface area contributed by atoms with E-state index in [0.29, 0.717) is 18.3 Å². The number of likely N-dealkylation sites (tertiary alicyclic amines) is 2. The molecule has 2 saturated heterocycles. The monoisotopic (exact) mass is 344 g/mol. The quantitative estimate of drug-likeness (QED) is 0.911. The number of aromatic amines is 1. The zero-order valence-corrected chi connectivity index (χ0v) is 14.9. The Labute approximate surface area is 149 Å². The molecule has 1 unspecified atom stereocenters. The molecule has 4 heterocycles. The van der Waals surface area contributed by atoms with Crippen molar-refractivity contribution in [1.82, 2.24) is 20.0 Å². The number of amides is 1. The summed E-state index contributed by atoms with van der Waals surface area (Å²) in [7, 11) is 0. The Morgan fingerprint density at radius 3 is 2.92 bits per heavy atom. The maximum atomic E-state index is 12.7.